The average Bonchev–Trinajstić information content (AvgIpc) is 2.51. The van der Waals surface area contributed by atoms with Crippen molar-refractivity contribution in [1.82, 2.24) is 0 Å². The van der Waals surface area contributed by atoms with E-state index in [9.17, 15) is 0 Å². The summed E-state index contributed by atoms with van der Waals surface area (Å²) in [6.45, 7) is 18.5. The summed E-state index contributed by atoms with van der Waals surface area (Å²) in [6, 6.07) is 6.81. The smallest absolute Gasteiger partial charge is 0.123 e. The lowest BCUT2D eigenvalue weighted by molar-refractivity contribution is 0.296. The highest BCUT2D eigenvalue weighted by Gasteiger charge is 2.26. The maximum absolute atomic E-state index is 6.10. The molecule has 0 atom stereocenters. The molecule has 0 aliphatic rings. The molecule has 0 aliphatic heterocycles. The standard InChI is InChI=1S/C21H35O/c1-8-11-12-15-22-19-14-13-17(20(4,5)9-2)16-18(19)21(6,7)10-3/h13-14,16H,1,8-12,15H2,2-7H3. The van der Waals surface area contributed by atoms with Crippen LogP contribution in [0.5, 0.6) is 5.75 Å². The van der Waals surface area contributed by atoms with Crippen LogP contribution in [-0.4, -0.2) is 6.61 Å². The number of hydrogen-bond acceptors (Lipinski definition) is 1. The zero-order valence-electron chi connectivity index (χ0n) is 15.6. The second-order valence-electron chi connectivity index (χ2n) is 7.59. The van der Waals surface area contributed by atoms with E-state index in [1.165, 1.54) is 11.1 Å². The van der Waals surface area contributed by atoms with Gasteiger partial charge in [0, 0.05) is 5.56 Å². The average molecular weight is 304 g/mol. The van der Waals surface area contributed by atoms with Crippen LogP contribution >= 0.6 is 0 Å². The number of hydrogen-bond donors (Lipinski definition) is 0. The van der Waals surface area contributed by atoms with E-state index in [1.807, 2.05) is 0 Å². The highest BCUT2D eigenvalue weighted by atomic mass is 16.5. The number of ether oxygens (including phenoxy) is 1. The maximum atomic E-state index is 6.10. The van der Waals surface area contributed by atoms with Gasteiger partial charge in [-0.05, 0) is 41.7 Å². The Morgan fingerprint density at radius 2 is 1.59 bits per heavy atom. The Balaban J connectivity index is 3.11. The lowest BCUT2D eigenvalue weighted by Gasteiger charge is -2.30. The minimum absolute atomic E-state index is 0.140. The highest BCUT2D eigenvalue weighted by Crippen LogP contribution is 2.38. The van der Waals surface area contributed by atoms with Crippen molar-refractivity contribution in [3.05, 3.63) is 36.2 Å². The van der Waals surface area contributed by atoms with Crippen LogP contribution in [0.4, 0.5) is 0 Å². The molecule has 0 unspecified atom stereocenters. The normalized spacial score (nSPS) is 12.5. The van der Waals surface area contributed by atoms with Gasteiger partial charge in [0.15, 0.2) is 0 Å². The summed E-state index contributed by atoms with van der Waals surface area (Å²) in [7, 11) is 0. The fraction of sp³-hybridized carbons (Fsp3) is 0.667. The summed E-state index contributed by atoms with van der Waals surface area (Å²) < 4.78 is 6.10. The molecule has 1 aromatic carbocycles. The molecule has 0 N–H and O–H groups in total. The molecule has 22 heavy (non-hydrogen) atoms. The molecule has 1 rings (SSSR count). The third-order valence-electron chi connectivity index (χ3n) is 5.16. The van der Waals surface area contributed by atoms with Crippen molar-refractivity contribution < 1.29 is 4.74 Å². The summed E-state index contributed by atoms with van der Waals surface area (Å²) >= 11 is 0. The van der Waals surface area contributed by atoms with Crippen LogP contribution in [-0.2, 0) is 10.8 Å². The van der Waals surface area contributed by atoms with E-state index in [2.05, 4.69) is 66.7 Å². The first-order chi connectivity index (χ1) is 10.3. The first-order valence-electron chi connectivity index (χ1n) is 8.85. The van der Waals surface area contributed by atoms with Gasteiger partial charge in [-0.2, -0.15) is 0 Å². The second-order valence-corrected chi connectivity index (χ2v) is 7.59. The van der Waals surface area contributed by atoms with Gasteiger partial charge in [-0.25, -0.2) is 0 Å². The third-order valence-corrected chi connectivity index (χ3v) is 5.16. The molecule has 0 aromatic heterocycles. The van der Waals surface area contributed by atoms with Crippen LogP contribution in [0.15, 0.2) is 18.2 Å². The molecular weight excluding hydrogens is 268 g/mol. The summed E-state index contributed by atoms with van der Waals surface area (Å²) in [5.41, 5.74) is 3.12. The minimum atomic E-state index is 0.140. The highest BCUT2D eigenvalue weighted by molar-refractivity contribution is 5.44. The molecule has 0 bridgehead atoms. The second kappa shape index (κ2) is 8.04. The Morgan fingerprint density at radius 3 is 2.14 bits per heavy atom. The summed E-state index contributed by atoms with van der Waals surface area (Å²) in [6.07, 6.45) is 5.45. The fourth-order valence-electron chi connectivity index (χ4n) is 2.46. The predicted molar refractivity (Wildman–Crippen MR) is 97.8 cm³/mol. The van der Waals surface area contributed by atoms with Gasteiger partial charge in [-0.1, -0.05) is 73.4 Å². The molecule has 1 nitrogen and oxygen atoms in total. The Labute approximate surface area is 138 Å². The van der Waals surface area contributed by atoms with Crippen molar-refractivity contribution in [3.8, 4) is 5.75 Å². The molecule has 0 fully saturated rings. The minimum Gasteiger partial charge on any atom is -0.493 e. The van der Waals surface area contributed by atoms with Gasteiger partial charge in [-0.3, -0.25) is 0 Å². The van der Waals surface area contributed by atoms with Crippen molar-refractivity contribution in [2.45, 2.75) is 84.5 Å². The van der Waals surface area contributed by atoms with Crippen molar-refractivity contribution in [2.75, 3.05) is 6.61 Å². The topological polar surface area (TPSA) is 9.23 Å². The van der Waals surface area contributed by atoms with Crippen LogP contribution < -0.4 is 4.74 Å². The summed E-state index contributed by atoms with van der Waals surface area (Å²) in [5.74, 6) is 1.06. The lowest BCUT2D eigenvalue weighted by atomic mass is 9.76. The number of benzene rings is 1. The molecular formula is C21H35O. The van der Waals surface area contributed by atoms with E-state index in [1.54, 1.807) is 0 Å². The summed E-state index contributed by atoms with van der Waals surface area (Å²) in [5, 5.41) is 0. The molecule has 1 radical (unpaired) electrons. The number of rotatable bonds is 9. The number of unbranched alkanes of at least 4 members (excludes halogenated alkanes) is 2. The van der Waals surface area contributed by atoms with Gasteiger partial charge in [0.2, 0.25) is 0 Å². The van der Waals surface area contributed by atoms with Crippen molar-refractivity contribution in [1.29, 1.82) is 0 Å². The molecule has 1 aromatic rings. The lowest BCUT2D eigenvalue weighted by Crippen LogP contribution is -2.21. The molecule has 0 saturated carbocycles. The van der Waals surface area contributed by atoms with E-state index in [0.29, 0.717) is 0 Å². The molecule has 0 saturated heterocycles. The van der Waals surface area contributed by atoms with E-state index in [0.717, 1.165) is 44.5 Å². The zero-order chi connectivity index (χ0) is 16.8. The van der Waals surface area contributed by atoms with E-state index in [-0.39, 0.29) is 10.8 Å². The third kappa shape index (κ3) is 4.76. The van der Waals surface area contributed by atoms with Crippen LogP contribution in [0.25, 0.3) is 0 Å². The first kappa shape index (κ1) is 19.1. The fourth-order valence-corrected chi connectivity index (χ4v) is 2.46. The molecule has 0 aliphatic carbocycles. The van der Waals surface area contributed by atoms with Crippen LogP contribution in [0.2, 0.25) is 0 Å². The Morgan fingerprint density at radius 1 is 0.955 bits per heavy atom. The Bertz CT molecular complexity index is 457. The van der Waals surface area contributed by atoms with Gasteiger partial charge in [0.1, 0.15) is 5.75 Å². The van der Waals surface area contributed by atoms with Crippen molar-refractivity contribution >= 4 is 0 Å². The van der Waals surface area contributed by atoms with Gasteiger partial charge in [0.25, 0.3) is 0 Å². The van der Waals surface area contributed by atoms with Gasteiger partial charge in [0.05, 0.1) is 6.61 Å². The first-order valence-corrected chi connectivity index (χ1v) is 8.85. The van der Waals surface area contributed by atoms with Crippen LogP contribution in [0.1, 0.15) is 84.8 Å². The van der Waals surface area contributed by atoms with Crippen molar-refractivity contribution in [2.24, 2.45) is 0 Å². The van der Waals surface area contributed by atoms with Gasteiger partial charge in [-0.15, -0.1) is 0 Å². The largest absolute Gasteiger partial charge is 0.493 e. The quantitative estimate of drug-likeness (QED) is 0.477. The molecule has 0 heterocycles. The van der Waals surface area contributed by atoms with E-state index < -0.39 is 0 Å². The maximum Gasteiger partial charge on any atom is 0.123 e. The zero-order valence-corrected chi connectivity index (χ0v) is 15.6. The monoisotopic (exact) mass is 303 g/mol. The van der Waals surface area contributed by atoms with E-state index >= 15 is 0 Å². The predicted octanol–water partition coefficient (Wildman–Crippen LogP) is 6.44. The molecule has 0 spiro atoms. The SMILES string of the molecule is [CH2]CCCCOc1ccc(C(C)(C)CC)cc1C(C)(C)CC. The van der Waals surface area contributed by atoms with Gasteiger partial charge < -0.3 is 4.74 Å². The Kier molecular flexibility index (Phi) is 6.97. The molecule has 125 valence electrons. The molecule has 1 heteroatoms. The van der Waals surface area contributed by atoms with Gasteiger partial charge >= 0.3 is 0 Å². The molecule has 0 amide bonds. The van der Waals surface area contributed by atoms with Crippen LogP contribution in [0.3, 0.4) is 0 Å². The van der Waals surface area contributed by atoms with E-state index in [4.69, 9.17) is 4.74 Å². The Hall–Kier alpha value is -0.980. The summed E-state index contributed by atoms with van der Waals surface area (Å²) in [4.78, 5) is 0. The van der Waals surface area contributed by atoms with Crippen molar-refractivity contribution in [3.63, 3.8) is 0 Å². The van der Waals surface area contributed by atoms with Crippen LogP contribution in [0, 0.1) is 6.92 Å².